The van der Waals surface area contributed by atoms with Gasteiger partial charge in [-0.15, -0.1) is 0 Å². The standard InChI is InChI=1S/C16H24FN3O2/c1-3-16(22)18-15(11-21)12-8-13(17)10-14(9-12)20-6-4-19(2)5-7-20/h8-10,15,21H,3-7,11H2,1-2H3,(H,18,22)/t15-/m1/s1. The molecule has 0 unspecified atom stereocenters. The molecule has 0 bridgehead atoms. The zero-order chi connectivity index (χ0) is 16.1. The minimum absolute atomic E-state index is 0.163. The highest BCUT2D eigenvalue weighted by molar-refractivity contribution is 5.76. The van der Waals surface area contributed by atoms with E-state index in [1.165, 1.54) is 12.1 Å². The van der Waals surface area contributed by atoms with Gasteiger partial charge in [-0.25, -0.2) is 4.39 Å². The third-order valence-corrected chi connectivity index (χ3v) is 4.01. The molecule has 1 heterocycles. The van der Waals surface area contributed by atoms with E-state index >= 15 is 0 Å². The summed E-state index contributed by atoms with van der Waals surface area (Å²) in [7, 11) is 2.07. The number of aliphatic hydroxyl groups is 1. The highest BCUT2D eigenvalue weighted by atomic mass is 19.1. The largest absolute Gasteiger partial charge is 0.394 e. The lowest BCUT2D eigenvalue weighted by atomic mass is 10.1. The van der Waals surface area contributed by atoms with E-state index in [2.05, 4.69) is 22.2 Å². The molecule has 2 rings (SSSR count). The zero-order valence-corrected chi connectivity index (χ0v) is 13.2. The van der Waals surface area contributed by atoms with Crippen LogP contribution in [-0.4, -0.2) is 55.7 Å². The highest BCUT2D eigenvalue weighted by Gasteiger charge is 2.19. The Morgan fingerprint density at radius 3 is 2.59 bits per heavy atom. The van der Waals surface area contributed by atoms with E-state index in [-0.39, 0.29) is 18.3 Å². The average molecular weight is 309 g/mol. The minimum atomic E-state index is -0.575. The Morgan fingerprint density at radius 1 is 1.32 bits per heavy atom. The van der Waals surface area contributed by atoms with Gasteiger partial charge in [-0.05, 0) is 30.8 Å². The molecule has 5 nitrogen and oxygen atoms in total. The number of nitrogens with zero attached hydrogens (tertiary/aromatic N) is 2. The van der Waals surface area contributed by atoms with Gasteiger partial charge in [-0.1, -0.05) is 6.92 Å². The fourth-order valence-electron chi connectivity index (χ4n) is 2.58. The molecule has 1 aromatic rings. The topological polar surface area (TPSA) is 55.8 Å². The number of carbonyl (C=O) groups is 1. The maximum absolute atomic E-state index is 13.9. The number of benzene rings is 1. The Morgan fingerprint density at radius 2 is 2.00 bits per heavy atom. The number of rotatable bonds is 5. The molecule has 0 saturated carbocycles. The van der Waals surface area contributed by atoms with E-state index in [9.17, 15) is 14.3 Å². The van der Waals surface area contributed by atoms with Crippen LogP contribution in [0, 0.1) is 5.82 Å². The summed E-state index contributed by atoms with van der Waals surface area (Å²) in [5.41, 5.74) is 1.39. The van der Waals surface area contributed by atoms with Gasteiger partial charge >= 0.3 is 0 Å². The van der Waals surface area contributed by atoms with Crippen LogP contribution in [0.3, 0.4) is 0 Å². The van der Waals surface area contributed by atoms with E-state index < -0.39 is 6.04 Å². The molecule has 1 aliphatic heterocycles. The van der Waals surface area contributed by atoms with Crippen LogP contribution < -0.4 is 10.2 Å². The molecular weight excluding hydrogens is 285 g/mol. The van der Waals surface area contributed by atoms with E-state index in [0.717, 1.165) is 31.9 Å². The molecule has 1 fully saturated rings. The monoisotopic (exact) mass is 309 g/mol. The van der Waals surface area contributed by atoms with Crippen molar-refractivity contribution in [3.8, 4) is 0 Å². The number of piperazine rings is 1. The Hall–Kier alpha value is -1.66. The van der Waals surface area contributed by atoms with E-state index in [1.807, 2.05) is 6.07 Å². The maximum Gasteiger partial charge on any atom is 0.220 e. The Balaban J connectivity index is 2.19. The SMILES string of the molecule is CCC(=O)N[C@H](CO)c1cc(F)cc(N2CCN(C)CC2)c1. The number of nitrogens with one attached hydrogen (secondary N) is 1. The molecule has 1 saturated heterocycles. The fourth-order valence-corrected chi connectivity index (χ4v) is 2.58. The van der Waals surface area contributed by atoms with Gasteiger partial charge in [-0.2, -0.15) is 0 Å². The summed E-state index contributed by atoms with van der Waals surface area (Å²) in [4.78, 5) is 15.9. The summed E-state index contributed by atoms with van der Waals surface area (Å²) in [6.07, 6.45) is 0.330. The Bertz CT molecular complexity index is 516. The van der Waals surface area contributed by atoms with Gasteiger partial charge in [0.2, 0.25) is 5.91 Å². The first-order valence-corrected chi connectivity index (χ1v) is 7.67. The van der Waals surface area contributed by atoms with Gasteiger partial charge in [-0.3, -0.25) is 4.79 Å². The van der Waals surface area contributed by atoms with Crippen LogP contribution in [0.4, 0.5) is 10.1 Å². The predicted octanol–water partition coefficient (Wildman–Crippen LogP) is 1.14. The number of hydrogen-bond acceptors (Lipinski definition) is 4. The summed E-state index contributed by atoms with van der Waals surface area (Å²) in [6, 6.07) is 4.15. The van der Waals surface area contributed by atoms with Gasteiger partial charge in [0.15, 0.2) is 0 Å². The van der Waals surface area contributed by atoms with E-state index in [1.54, 1.807) is 6.92 Å². The van der Waals surface area contributed by atoms with Crippen LogP contribution in [0.2, 0.25) is 0 Å². The summed E-state index contributed by atoms with van der Waals surface area (Å²) < 4.78 is 13.9. The first kappa shape index (κ1) is 16.7. The third-order valence-electron chi connectivity index (χ3n) is 4.01. The first-order chi connectivity index (χ1) is 10.5. The third kappa shape index (κ3) is 4.18. The number of likely N-dealkylation sites (N-methyl/N-ethyl adjacent to an activating group) is 1. The number of carbonyl (C=O) groups excluding carboxylic acids is 1. The molecule has 1 amide bonds. The second-order valence-corrected chi connectivity index (χ2v) is 5.69. The smallest absolute Gasteiger partial charge is 0.220 e. The van der Waals surface area contributed by atoms with E-state index in [4.69, 9.17) is 0 Å². The molecule has 1 atom stereocenters. The van der Waals surface area contributed by atoms with Gasteiger partial charge in [0.25, 0.3) is 0 Å². The zero-order valence-electron chi connectivity index (χ0n) is 13.2. The molecule has 122 valence electrons. The van der Waals surface area contributed by atoms with Crippen molar-refractivity contribution in [3.63, 3.8) is 0 Å². The predicted molar refractivity (Wildman–Crippen MR) is 84.4 cm³/mol. The van der Waals surface area contributed by atoms with Crippen molar-refractivity contribution in [2.24, 2.45) is 0 Å². The second-order valence-electron chi connectivity index (χ2n) is 5.69. The Kier molecular flexibility index (Phi) is 5.74. The van der Waals surface area contributed by atoms with Crippen molar-refractivity contribution in [1.29, 1.82) is 0 Å². The lowest BCUT2D eigenvalue weighted by Crippen LogP contribution is -2.44. The highest BCUT2D eigenvalue weighted by Crippen LogP contribution is 2.24. The van der Waals surface area contributed by atoms with Crippen molar-refractivity contribution >= 4 is 11.6 Å². The van der Waals surface area contributed by atoms with Crippen molar-refractivity contribution in [2.75, 3.05) is 44.7 Å². The molecule has 1 aromatic carbocycles. The van der Waals surface area contributed by atoms with Crippen LogP contribution in [0.1, 0.15) is 24.9 Å². The van der Waals surface area contributed by atoms with Gasteiger partial charge in [0.1, 0.15) is 5.82 Å². The first-order valence-electron chi connectivity index (χ1n) is 7.67. The normalized spacial score (nSPS) is 17.4. The summed E-state index contributed by atoms with van der Waals surface area (Å²) in [5, 5.41) is 12.2. The molecule has 6 heteroatoms. The van der Waals surface area contributed by atoms with Crippen LogP contribution in [0.15, 0.2) is 18.2 Å². The van der Waals surface area contributed by atoms with Crippen LogP contribution in [0.5, 0.6) is 0 Å². The molecule has 0 aromatic heterocycles. The van der Waals surface area contributed by atoms with Crippen molar-refractivity contribution in [2.45, 2.75) is 19.4 Å². The molecule has 2 N–H and O–H groups in total. The molecule has 0 aliphatic carbocycles. The number of anilines is 1. The Labute approximate surface area is 130 Å². The van der Waals surface area contributed by atoms with Gasteiger partial charge in [0.05, 0.1) is 12.6 Å². The lowest BCUT2D eigenvalue weighted by Gasteiger charge is -2.34. The van der Waals surface area contributed by atoms with Crippen LogP contribution >= 0.6 is 0 Å². The lowest BCUT2D eigenvalue weighted by molar-refractivity contribution is -0.121. The minimum Gasteiger partial charge on any atom is -0.394 e. The molecule has 0 spiro atoms. The summed E-state index contributed by atoms with van der Waals surface area (Å²) in [6.45, 7) is 5.03. The molecule has 22 heavy (non-hydrogen) atoms. The van der Waals surface area contributed by atoms with Crippen molar-refractivity contribution < 1.29 is 14.3 Å². The maximum atomic E-state index is 13.9. The second kappa shape index (κ2) is 7.56. The van der Waals surface area contributed by atoms with Gasteiger partial charge < -0.3 is 20.2 Å². The fraction of sp³-hybridized carbons (Fsp3) is 0.562. The van der Waals surface area contributed by atoms with Crippen LogP contribution in [-0.2, 0) is 4.79 Å². The van der Waals surface area contributed by atoms with E-state index in [0.29, 0.717) is 12.0 Å². The average Bonchev–Trinajstić information content (AvgIpc) is 2.52. The number of hydrogen-bond donors (Lipinski definition) is 2. The quantitative estimate of drug-likeness (QED) is 0.856. The number of amides is 1. The van der Waals surface area contributed by atoms with Crippen molar-refractivity contribution in [1.82, 2.24) is 10.2 Å². The molecular formula is C16H24FN3O2. The molecule has 1 aliphatic rings. The number of aliphatic hydroxyl groups excluding tert-OH is 1. The summed E-state index contributed by atoms with van der Waals surface area (Å²) in [5.74, 6) is -0.514. The number of halogens is 1. The summed E-state index contributed by atoms with van der Waals surface area (Å²) >= 11 is 0. The van der Waals surface area contributed by atoms with Crippen molar-refractivity contribution in [3.05, 3.63) is 29.6 Å². The van der Waals surface area contributed by atoms with Gasteiger partial charge in [0, 0.05) is 38.3 Å². The van der Waals surface area contributed by atoms with Crippen LogP contribution in [0.25, 0.3) is 0 Å². The molecule has 0 radical (unpaired) electrons.